The summed E-state index contributed by atoms with van der Waals surface area (Å²) in [6.07, 6.45) is 6.51. The number of benzene rings is 1. The Balaban J connectivity index is 1.46. The topological polar surface area (TPSA) is 78.8 Å². The molecule has 1 atom stereocenters. The number of nitrogens with zero attached hydrogens (tertiary/aromatic N) is 5. The van der Waals surface area contributed by atoms with Gasteiger partial charge in [0.1, 0.15) is 0 Å². The first-order chi connectivity index (χ1) is 16.2. The number of hydrogen-bond donors (Lipinski definition) is 0. The standard InChI is InChI=1S/C24H36ClN5O3S/c1-4-28(20(2)18-21-8-10-22(25)11-9-21)13-5-6-14-29-15-7-16-30(19-23(29)31)34(32,33)24-26-12-17-27(24)3/h8-12,17,20H,4-7,13-16,18-19H2,1-3H3. The zero-order chi connectivity index (χ0) is 24.7. The maximum Gasteiger partial charge on any atom is 0.277 e. The van der Waals surface area contributed by atoms with Crippen LogP contribution in [0.2, 0.25) is 5.02 Å². The lowest BCUT2D eigenvalue weighted by Crippen LogP contribution is -2.40. The van der Waals surface area contributed by atoms with Gasteiger partial charge in [0.25, 0.3) is 10.0 Å². The molecule has 1 amide bonds. The Labute approximate surface area is 208 Å². The molecule has 1 aromatic carbocycles. The maximum atomic E-state index is 12.9. The average Bonchev–Trinajstić information content (AvgIpc) is 3.15. The Kier molecular flexibility index (Phi) is 9.53. The van der Waals surface area contributed by atoms with Crippen molar-refractivity contribution in [3.05, 3.63) is 47.2 Å². The van der Waals surface area contributed by atoms with Crippen LogP contribution >= 0.6 is 11.6 Å². The Morgan fingerprint density at radius 1 is 1.18 bits per heavy atom. The summed E-state index contributed by atoms with van der Waals surface area (Å²) in [6, 6.07) is 8.43. The van der Waals surface area contributed by atoms with E-state index in [2.05, 4.69) is 35.9 Å². The summed E-state index contributed by atoms with van der Waals surface area (Å²) >= 11 is 5.99. The third-order valence-electron chi connectivity index (χ3n) is 6.44. The number of amides is 1. The zero-order valence-corrected chi connectivity index (χ0v) is 21.9. The zero-order valence-electron chi connectivity index (χ0n) is 20.4. The Morgan fingerprint density at radius 3 is 2.56 bits per heavy atom. The van der Waals surface area contributed by atoms with Crippen LogP contribution in [0.3, 0.4) is 0 Å². The minimum atomic E-state index is -3.78. The van der Waals surface area contributed by atoms with Gasteiger partial charge in [0.2, 0.25) is 11.1 Å². The van der Waals surface area contributed by atoms with Gasteiger partial charge < -0.3 is 14.4 Å². The smallest absolute Gasteiger partial charge is 0.277 e. The van der Waals surface area contributed by atoms with E-state index in [-0.39, 0.29) is 17.6 Å². The van der Waals surface area contributed by atoms with Gasteiger partial charge in [0, 0.05) is 50.1 Å². The van der Waals surface area contributed by atoms with Crippen molar-refractivity contribution in [3.63, 3.8) is 0 Å². The molecule has 0 saturated carbocycles. The fourth-order valence-corrected chi connectivity index (χ4v) is 6.07. The highest BCUT2D eigenvalue weighted by Crippen LogP contribution is 2.17. The molecule has 3 rings (SSSR count). The summed E-state index contributed by atoms with van der Waals surface area (Å²) in [6.45, 7) is 7.77. The second-order valence-corrected chi connectivity index (χ2v) is 11.2. The molecule has 10 heteroatoms. The third-order valence-corrected chi connectivity index (χ3v) is 8.54. The molecule has 2 aromatic rings. The largest absolute Gasteiger partial charge is 0.342 e. The molecule has 2 heterocycles. The van der Waals surface area contributed by atoms with Gasteiger partial charge in [0.05, 0.1) is 6.54 Å². The van der Waals surface area contributed by atoms with E-state index in [1.165, 1.54) is 20.6 Å². The van der Waals surface area contributed by atoms with Crippen LogP contribution in [0.25, 0.3) is 0 Å². The van der Waals surface area contributed by atoms with Crippen LogP contribution < -0.4 is 0 Å². The number of halogens is 1. The molecule has 0 spiro atoms. The summed E-state index contributed by atoms with van der Waals surface area (Å²) in [5.74, 6) is -0.140. The number of carbonyl (C=O) groups is 1. The summed E-state index contributed by atoms with van der Waals surface area (Å²) in [5.41, 5.74) is 1.27. The lowest BCUT2D eigenvalue weighted by atomic mass is 10.1. The van der Waals surface area contributed by atoms with Crippen molar-refractivity contribution in [2.45, 2.75) is 50.7 Å². The van der Waals surface area contributed by atoms with Crippen LogP contribution in [0.15, 0.2) is 41.8 Å². The van der Waals surface area contributed by atoms with Gasteiger partial charge in [-0.1, -0.05) is 30.7 Å². The van der Waals surface area contributed by atoms with Crippen molar-refractivity contribution in [1.29, 1.82) is 0 Å². The van der Waals surface area contributed by atoms with E-state index >= 15 is 0 Å². The SMILES string of the molecule is CCN(CCCCN1CCCN(S(=O)(=O)c2nccn2C)CC1=O)C(C)Cc1ccc(Cl)cc1. The Morgan fingerprint density at radius 2 is 1.91 bits per heavy atom. The van der Waals surface area contributed by atoms with E-state index in [9.17, 15) is 13.2 Å². The molecule has 34 heavy (non-hydrogen) atoms. The average molecular weight is 510 g/mol. The summed E-state index contributed by atoms with van der Waals surface area (Å²) in [5, 5.41) is 0.727. The molecule has 188 valence electrons. The van der Waals surface area contributed by atoms with E-state index in [4.69, 9.17) is 11.6 Å². The highest BCUT2D eigenvalue weighted by molar-refractivity contribution is 7.89. The Hall–Kier alpha value is -1.94. The molecule has 0 bridgehead atoms. The molecule has 0 aliphatic carbocycles. The summed E-state index contributed by atoms with van der Waals surface area (Å²) in [4.78, 5) is 21.0. The second kappa shape index (κ2) is 12.2. The van der Waals surface area contributed by atoms with Crippen molar-refractivity contribution < 1.29 is 13.2 Å². The number of hydrogen-bond acceptors (Lipinski definition) is 5. The predicted octanol–water partition coefficient (Wildman–Crippen LogP) is 3.03. The van der Waals surface area contributed by atoms with Gasteiger partial charge >= 0.3 is 0 Å². The first kappa shape index (κ1) is 26.7. The fraction of sp³-hybridized carbons (Fsp3) is 0.583. The lowest BCUT2D eigenvalue weighted by molar-refractivity contribution is -0.130. The molecule has 1 aliphatic rings. The first-order valence-corrected chi connectivity index (χ1v) is 13.8. The molecule has 0 radical (unpaired) electrons. The van der Waals surface area contributed by atoms with Crippen LogP contribution in [-0.2, 0) is 28.3 Å². The number of rotatable bonds is 11. The number of aryl methyl sites for hydroxylation is 1. The number of likely N-dealkylation sites (N-methyl/N-ethyl adjacent to an activating group) is 1. The van der Waals surface area contributed by atoms with Crippen LogP contribution in [0.1, 0.15) is 38.7 Å². The molecule has 8 nitrogen and oxygen atoms in total. The minimum Gasteiger partial charge on any atom is -0.342 e. The Bertz CT molecular complexity index is 1040. The monoisotopic (exact) mass is 509 g/mol. The van der Waals surface area contributed by atoms with Gasteiger partial charge in [-0.15, -0.1) is 0 Å². The predicted molar refractivity (Wildman–Crippen MR) is 134 cm³/mol. The van der Waals surface area contributed by atoms with Gasteiger partial charge in [-0.3, -0.25) is 4.79 Å². The molecule has 1 saturated heterocycles. The van der Waals surface area contributed by atoms with E-state index in [1.807, 2.05) is 12.1 Å². The fourth-order valence-electron chi connectivity index (χ4n) is 4.45. The van der Waals surface area contributed by atoms with Crippen molar-refractivity contribution in [1.82, 2.24) is 23.7 Å². The van der Waals surface area contributed by atoms with E-state index < -0.39 is 10.0 Å². The molecule has 1 aliphatic heterocycles. The van der Waals surface area contributed by atoms with Crippen molar-refractivity contribution >= 4 is 27.5 Å². The molecule has 1 aromatic heterocycles. The first-order valence-electron chi connectivity index (χ1n) is 12.0. The van der Waals surface area contributed by atoms with Crippen LogP contribution in [-0.4, -0.2) is 83.3 Å². The van der Waals surface area contributed by atoms with Gasteiger partial charge in [-0.05, 0) is 63.4 Å². The van der Waals surface area contributed by atoms with Crippen molar-refractivity contribution in [3.8, 4) is 0 Å². The molecular formula is C24H36ClN5O3S. The van der Waals surface area contributed by atoms with E-state index in [1.54, 1.807) is 18.1 Å². The molecule has 1 unspecified atom stereocenters. The number of unbranched alkanes of at least 4 members (excludes halogenated alkanes) is 1. The van der Waals surface area contributed by atoms with E-state index in [0.29, 0.717) is 32.1 Å². The van der Waals surface area contributed by atoms with Crippen LogP contribution in [0.4, 0.5) is 0 Å². The quantitative estimate of drug-likeness (QED) is 0.435. The van der Waals surface area contributed by atoms with E-state index in [0.717, 1.165) is 37.4 Å². The number of sulfonamides is 1. The lowest BCUT2D eigenvalue weighted by Gasteiger charge is -2.28. The second-order valence-electron chi connectivity index (χ2n) is 8.91. The van der Waals surface area contributed by atoms with Crippen molar-refractivity contribution in [2.24, 2.45) is 7.05 Å². The number of aromatic nitrogens is 2. The maximum absolute atomic E-state index is 12.9. The number of imidazole rings is 1. The molecule has 0 N–H and O–H groups in total. The van der Waals surface area contributed by atoms with Crippen molar-refractivity contribution in [2.75, 3.05) is 39.3 Å². The van der Waals surface area contributed by atoms with Crippen LogP contribution in [0.5, 0.6) is 0 Å². The minimum absolute atomic E-state index is 0.0267. The van der Waals surface area contributed by atoms with Crippen LogP contribution in [0, 0.1) is 0 Å². The third kappa shape index (κ3) is 6.81. The van der Waals surface area contributed by atoms with Gasteiger partial charge in [0.15, 0.2) is 0 Å². The molecule has 1 fully saturated rings. The van der Waals surface area contributed by atoms with Gasteiger partial charge in [-0.2, -0.15) is 4.31 Å². The summed E-state index contributed by atoms with van der Waals surface area (Å²) in [7, 11) is -2.14. The highest BCUT2D eigenvalue weighted by atomic mass is 35.5. The molecular weight excluding hydrogens is 474 g/mol. The number of carbonyl (C=O) groups excluding carboxylic acids is 1. The highest BCUT2D eigenvalue weighted by Gasteiger charge is 2.33. The summed E-state index contributed by atoms with van der Waals surface area (Å²) < 4.78 is 28.6. The van der Waals surface area contributed by atoms with Gasteiger partial charge in [-0.25, -0.2) is 13.4 Å². The normalized spacial score (nSPS) is 16.7.